The second-order valence-electron chi connectivity index (χ2n) is 8.52. The Bertz CT molecular complexity index is 1050. The van der Waals surface area contributed by atoms with Gasteiger partial charge in [-0.25, -0.2) is 9.78 Å². The number of aryl methyl sites for hydroxylation is 1. The lowest BCUT2D eigenvalue weighted by Crippen LogP contribution is -2.49. The Hall–Kier alpha value is -2.63. The van der Waals surface area contributed by atoms with Gasteiger partial charge in [0, 0.05) is 52.8 Å². The summed E-state index contributed by atoms with van der Waals surface area (Å²) in [6.45, 7) is 4.37. The van der Waals surface area contributed by atoms with Crippen LogP contribution in [0.3, 0.4) is 0 Å². The molecular weight excluding hydrogens is 394 g/mol. The fourth-order valence-electron chi connectivity index (χ4n) is 4.70. The maximum absolute atomic E-state index is 12.9. The first-order valence-electron chi connectivity index (χ1n) is 11.1. The molecule has 2 aromatic rings. The number of nitrogens with zero attached hydrogens (tertiary/aromatic N) is 4. The van der Waals surface area contributed by atoms with Crippen molar-refractivity contribution in [2.75, 3.05) is 39.9 Å². The minimum atomic E-state index is -0.0523. The second kappa shape index (κ2) is 9.67. The molecular formula is C23H31N5O3. The Kier molecular flexibility index (Phi) is 6.73. The molecule has 1 saturated heterocycles. The number of carbonyl (C=O) groups excluding carboxylic acids is 1. The molecule has 166 valence electrons. The van der Waals surface area contributed by atoms with E-state index < -0.39 is 0 Å². The van der Waals surface area contributed by atoms with Crippen LogP contribution in [-0.2, 0) is 23.1 Å². The lowest BCUT2D eigenvalue weighted by molar-refractivity contribution is -0.137. The summed E-state index contributed by atoms with van der Waals surface area (Å²) in [7, 11) is 3.38. The third kappa shape index (κ3) is 4.68. The van der Waals surface area contributed by atoms with E-state index in [-0.39, 0.29) is 11.6 Å². The van der Waals surface area contributed by atoms with E-state index >= 15 is 0 Å². The Morgan fingerprint density at radius 3 is 2.68 bits per heavy atom. The van der Waals surface area contributed by atoms with Crippen molar-refractivity contribution in [3.63, 3.8) is 0 Å². The number of rotatable bonds is 4. The van der Waals surface area contributed by atoms with Crippen LogP contribution in [0.1, 0.15) is 31.4 Å². The number of methoxy groups -OCH3 is 1. The Balaban J connectivity index is 1.46. The van der Waals surface area contributed by atoms with E-state index in [1.54, 1.807) is 23.3 Å². The van der Waals surface area contributed by atoms with Crippen LogP contribution < -0.4 is 11.0 Å². The summed E-state index contributed by atoms with van der Waals surface area (Å²) >= 11 is 0. The van der Waals surface area contributed by atoms with Gasteiger partial charge in [-0.05, 0) is 49.7 Å². The summed E-state index contributed by atoms with van der Waals surface area (Å²) in [5.41, 5.74) is 2.07. The van der Waals surface area contributed by atoms with Crippen molar-refractivity contribution >= 4 is 17.1 Å². The molecule has 0 radical (unpaired) electrons. The van der Waals surface area contributed by atoms with Gasteiger partial charge in [0.2, 0.25) is 5.91 Å². The molecule has 1 N–H and O–H groups in total. The fraction of sp³-hybridized carbons (Fsp3) is 0.609. The summed E-state index contributed by atoms with van der Waals surface area (Å²) in [5.74, 6) is 6.71. The molecule has 3 heterocycles. The first kappa shape index (κ1) is 21.6. The number of fused-ring (bicyclic) bond motifs is 1. The molecule has 2 aliphatic rings. The van der Waals surface area contributed by atoms with Crippen LogP contribution in [0.15, 0.2) is 16.9 Å². The number of imidazole rings is 1. The van der Waals surface area contributed by atoms with Crippen LogP contribution in [0, 0.1) is 23.7 Å². The van der Waals surface area contributed by atoms with Gasteiger partial charge in [0.25, 0.3) is 0 Å². The SMILES string of the molecule is COCC#Cc1ccc2c(n1)n(CC1CCC(C(=O)N3CCNCC3)CC1)c(=O)n2C. The highest BCUT2D eigenvalue weighted by molar-refractivity contribution is 5.79. The van der Waals surface area contributed by atoms with Gasteiger partial charge in [-0.1, -0.05) is 5.92 Å². The summed E-state index contributed by atoms with van der Waals surface area (Å²) in [5, 5.41) is 3.30. The Morgan fingerprint density at radius 2 is 1.97 bits per heavy atom. The molecule has 8 nitrogen and oxygen atoms in total. The minimum absolute atomic E-state index is 0.0523. The van der Waals surface area contributed by atoms with Gasteiger partial charge in [0.1, 0.15) is 12.3 Å². The molecule has 2 aromatic heterocycles. The lowest BCUT2D eigenvalue weighted by Gasteiger charge is -2.34. The summed E-state index contributed by atoms with van der Waals surface area (Å²) in [4.78, 5) is 32.3. The number of hydrogen-bond donors (Lipinski definition) is 1. The summed E-state index contributed by atoms with van der Waals surface area (Å²) in [6, 6.07) is 3.74. The zero-order valence-corrected chi connectivity index (χ0v) is 18.4. The predicted octanol–water partition coefficient (Wildman–Crippen LogP) is 0.971. The second-order valence-corrected chi connectivity index (χ2v) is 8.52. The molecule has 1 aliphatic heterocycles. The average Bonchev–Trinajstić information content (AvgIpc) is 3.04. The molecule has 31 heavy (non-hydrogen) atoms. The molecule has 1 amide bonds. The van der Waals surface area contributed by atoms with Crippen LogP contribution in [0.5, 0.6) is 0 Å². The lowest BCUT2D eigenvalue weighted by atomic mass is 9.81. The molecule has 0 aromatic carbocycles. The van der Waals surface area contributed by atoms with Gasteiger partial charge < -0.3 is 15.0 Å². The van der Waals surface area contributed by atoms with Gasteiger partial charge in [-0.3, -0.25) is 13.9 Å². The standard InChI is InChI=1S/C23H31N5O3/c1-26-20-10-9-19(4-3-15-31-2)25-21(20)28(23(26)30)16-17-5-7-18(8-6-17)22(29)27-13-11-24-12-14-27/h9-10,17-18,24H,5-8,11-16H2,1-2H3. The topological polar surface area (TPSA) is 81.4 Å². The van der Waals surface area contributed by atoms with Crippen LogP contribution >= 0.6 is 0 Å². The van der Waals surface area contributed by atoms with E-state index in [1.165, 1.54) is 0 Å². The molecule has 2 fully saturated rings. The van der Waals surface area contributed by atoms with Crippen molar-refractivity contribution in [2.24, 2.45) is 18.9 Å². The average molecular weight is 426 g/mol. The fourth-order valence-corrected chi connectivity index (χ4v) is 4.70. The van der Waals surface area contributed by atoms with Crippen LogP contribution in [0.4, 0.5) is 0 Å². The zero-order chi connectivity index (χ0) is 21.8. The van der Waals surface area contributed by atoms with Gasteiger partial charge in [0.05, 0.1) is 5.52 Å². The number of amides is 1. The highest BCUT2D eigenvalue weighted by Gasteiger charge is 2.30. The van der Waals surface area contributed by atoms with Crippen molar-refractivity contribution in [1.29, 1.82) is 0 Å². The molecule has 0 unspecified atom stereocenters. The molecule has 0 spiro atoms. The normalized spacial score (nSPS) is 21.7. The van der Waals surface area contributed by atoms with Crippen molar-refractivity contribution < 1.29 is 9.53 Å². The summed E-state index contributed by atoms with van der Waals surface area (Å²) < 4.78 is 8.40. The molecule has 1 saturated carbocycles. The predicted molar refractivity (Wildman–Crippen MR) is 119 cm³/mol. The van der Waals surface area contributed by atoms with E-state index in [0.29, 0.717) is 36.3 Å². The first-order chi connectivity index (χ1) is 15.1. The molecule has 1 aliphatic carbocycles. The van der Waals surface area contributed by atoms with E-state index in [9.17, 15) is 9.59 Å². The number of nitrogens with one attached hydrogen (secondary N) is 1. The number of hydrogen-bond acceptors (Lipinski definition) is 5. The minimum Gasteiger partial charge on any atom is -0.372 e. The number of ether oxygens (including phenoxy) is 1. The molecule has 0 bridgehead atoms. The number of carbonyl (C=O) groups is 1. The molecule has 8 heteroatoms. The van der Waals surface area contributed by atoms with Gasteiger partial charge in [0.15, 0.2) is 5.65 Å². The maximum atomic E-state index is 12.9. The summed E-state index contributed by atoms with van der Waals surface area (Å²) in [6.07, 6.45) is 3.71. The monoisotopic (exact) mass is 425 g/mol. The van der Waals surface area contributed by atoms with Crippen LogP contribution in [0.25, 0.3) is 11.2 Å². The third-order valence-corrected chi connectivity index (χ3v) is 6.49. The van der Waals surface area contributed by atoms with E-state index in [2.05, 4.69) is 22.1 Å². The van der Waals surface area contributed by atoms with Crippen molar-refractivity contribution in [3.8, 4) is 11.8 Å². The zero-order valence-electron chi connectivity index (χ0n) is 18.4. The van der Waals surface area contributed by atoms with E-state index in [0.717, 1.165) is 57.4 Å². The maximum Gasteiger partial charge on any atom is 0.330 e. The van der Waals surface area contributed by atoms with Crippen molar-refractivity contribution in [3.05, 3.63) is 28.3 Å². The highest BCUT2D eigenvalue weighted by Crippen LogP contribution is 2.31. The molecule has 0 atom stereocenters. The van der Waals surface area contributed by atoms with Crippen LogP contribution in [-0.4, -0.2) is 64.8 Å². The van der Waals surface area contributed by atoms with Gasteiger partial charge in [-0.2, -0.15) is 0 Å². The Morgan fingerprint density at radius 1 is 1.23 bits per heavy atom. The molecule has 4 rings (SSSR count). The largest absolute Gasteiger partial charge is 0.372 e. The number of aromatic nitrogens is 3. The smallest absolute Gasteiger partial charge is 0.330 e. The third-order valence-electron chi connectivity index (χ3n) is 6.49. The first-order valence-corrected chi connectivity index (χ1v) is 11.1. The highest BCUT2D eigenvalue weighted by atomic mass is 16.5. The van der Waals surface area contributed by atoms with Gasteiger partial charge in [-0.15, -0.1) is 0 Å². The number of pyridine rings is 1. The van der Waals surface area contributed by atoms with E-state index in [4.69, 9.17) is 4.74 Å². The van der Waals surface area contributed by atoms with Gasteiger partial charge >= 0.3 is 5.69 Å². The van der Waals surface area contributed by atoms with Crippen LogP contribution in [0.2, 0.25) is 0 Å². The number of piperazine rings is 1. The van der Waals surface area contributed by atoms with Crippen molar-refractivity contribution in [2.45, 2.75) is 32.2 Å². The van der Waals surface area contributed by atoms with E-state index in [1.807, 2.05) is 17.0 Å². The van der Waals surface area contributed by atoms with Crippen molar-refractivity contribution in [1.82, 2.24) is 24.3 Å². The Labute approximate surface area is 182 Å². The quantitative estimate of drug-likeness (QED) is 0.739.